The van der Waals surface area contributed by atoms with Gasteiger partial charge in [-0.2, -0.15) is 0 Å². The molecule has 1 fully saturated rings. The summed E-state index contributed by atoms with van der Waals surface area (Å²) in [5.41, 5.74) is 0.475. The van der Waals surface area contributed by atoms with Gasteiger partial charge in [0.05, 0.1) is 6.54 Å². The number of hydrogen-bond acceptors (Lipinski definition) is 3. The predicted molar refractivity (Wildman–Crippen MR) is 82.1 cm³/mol. The lowest BCUT2D eigenvalue weighted by molar-refractivity contribution is -0.0465. The van der Waals surface area contributed by atoms with E-state index in [1.54, 1.807) is 4.90 Å². The number of ether oxygens (including phenoxy) is 1. The topological polar surface area (TPSA) is 49.8 Å². The second kappa shape index (κ2) is 5.68. The van der Waals surface area contributed by atoms with Crippen LogP contribution >= 0.6 is 0 Å². The van der Waals surface area contributed by atoms with Gasteiger partial charge in [-0.05, 0) is 46.1 Å². The number of hydrogen-bond donors (Lipinski definition) is 1. The first kappa shape index (κ1) is 15.8. The minimum atomic E-state index is -0.985. The van der Waals surface area contributed by atoms with Crippen molar-refractivity contribution >= 4 is 6.09 Å². The first-order valence-corrected chi connectivity index (χ1v) is 7.47. The number of β-amino-alcohol motifs (C(OH)–C–C–N with tert-alkyl or cyclic N) is 1. The Morgan fingerprint density at radius 2 is 2.10 bits per heavy atom. The highest BCUT2D eigenvalue weighted by Crippen LogP contribution is 2.32. The molecule has 1 N–H and O–H groups in total. The average Bonchev–Trinajstić information content (AvgIpc) is 2.37. The molecule has 0 unspecified atom stereocenters. The summed E-state index contributed by atoms with van der Waals surface area (Å²) in [4.78, 5) is 13.8. The van der Waals surface area contributed by atoms with Crippen LogP contribution in [0.3, 0.4) is 0 Å². The summed E-state index contributed by atoms with van der Waals surface area (Å²) in [6.45, 7) is 8.46. The zero-order valence-electron chi connectivity index (χ0n) is 13.3. The Kier molecular flexibility index (Phi) is 4.28. The zero-order valence-corrected chi connectivity index (χ0v) is 13.3. The van der Waals surface area contributed by atoms with Crippen LogP contribution in [-0.2, 0) is 10.3 Å². The molecular formula is C17H25NO3. The molecule has 4 heteroatoms. The number of aryl methyl sites for hydroxylation is 1. The number of rotatable bonds is 1. The monoisotopic (exact) mass is 291 g/mol. The molecule has 1 saturated heterocycles. The third-order valence-corrected chi connectivity index (χ3v) is 3.68. The molecule has 0 saturated carbocycles. The molecule has 1 aliphatic heterocycles. The maximum atomic E-state index is 12.2. The van der Waals surface area contributed by atoms with Crippen molar-refractivity contribution in [1.29, 1.82) is 0 Å². The molecule has 21 heavy (non-hydrogen) atoms. The summed E-state index contributed by atoms with van der Waals surface area (Å²) in [7, 11) is 0. The molecule has 1 aliphatic rings. The van der Waals surface area contributed by atoms with E-state index in [-0.39, 0.29) is 12.6 Å². The van der Waals surface area contributed by atoms with Crippen LogP contribution in [0.2, 0.25) is 0 Å². The molecule has 0 radical (unpaired) electrons. The lowest BCUT2D eigenvalue weighted by Gasteiger charge is -2.40. The lowest BCUT2D eigenvalue weighted by atomic mass is 9.85. The maximum absolute atomic E-state index is 12.2. The summed E-state index contributed by atoms with van der Waals surface area (Å²) in [6.07, 6.45) is 1.08. The Morgan fingerprint density at radius 3 is 2.71 bits per heavy atom. The van der Waals surface area contributed by atoms with Crippen LogP contribution in [0.1, 0.15) is 44.7 Å². The molecule has 1 heterocycles. The summed E-state index contributed by atoms with van der Waals surface area (Å²) in [5.74, 6) is 0. The zero-order chi connectivity index (χ0) is 15.7. The molecule has 116 valence electrons. The lowest BCUT2D eigenvalue weighted by Crippen LogP contribution is -2.49. The van der Waals surface area contributed by atoms with E-state index in [9.17, 15) is 9.90 Å². The van der Waals surface area contributed by atoms with E-state index in [0.717, 1.165) is 17.5 Å². The average molecular weight is 291 g/mol. The standard InChI is InChI=1S/C17H25NO3/c1-13-7-5-8-14(11-13)17(20)9-6-10-18(12-17)15(19)21-16(2,3)4/h5,7-8,11,20H,6,9-10,12H2,1-4H3/t17-/m0/s1. The Labute approximate surface area is 126 Å². The van der Waals surface area contributed by atoms with Gasteiger partial charge in [0, 0.05) is 6.54 Å². The van der Waals surface area contributed by atoms with Gasteiger partial charge in [0.1, 0.15) is 11.2 Å². The maximum Gasteiger partial charge on any atom is 0.410 e. The third kappa shape index (κ3) is 3.97. The smallest absolute Gasteiger partial charge is 0.410 e. The van der Waals surface area contributed by atoms with Gasteiger partial charge in [-0.15, -0.1) is 0 Å². The van der Waals surface area contributed by atoms with Crippen LogP contribution in [0.5, 0.6) is 0 Å². The minimum absolute atomic E-state index is 0.283. The molecule has 2 rings (SSSR count). The number of carbonyl (C=O) groups is 1. The van der Waals surface area contributed by atoms with Gasteiger partial charge in [0.2, 0.25) is 0 Å². The summed E-state index contributed by atoms with van der Waals surface area (Å²) < 4.78 is 5.41. The van der Waals surface area contributed by atoms with Crippen LogP contribution in [0, 0.1) is 6.92 Å². The quantitative estimate of drug-likeness (QED) is 0.864. The SMILES string of the molecule is Cc1cccc([C@]2(O)CCCN(C(=O)OC(C)(C)C)C2)c1. The van der Waals surface area contributed by atoms with Crippen molar-refractivity contribution in [2.75, 3.05) is 13.1 Å². The highest BCUT2D eigenvalue weighted by molar-refractivity contribution is 5.68. The largest absolute Gasteiger partial charge is 0.444 e. The fraction of sp³-hybridized carbons (Fsp3) is 0.588. The van der Waals surface area contributed by atoms with Gasteiger partial charge in [-0.3, -0.25) is 0 Å². The van der Waals surface area contributed by atoms with E-state index in [0.29, 0.717) is 13.0 Å². The fourth-order valence-electron chi connectivity index (χ4n) is 2.69. The summed E-state index contributed by atoms with van der Waals surface area (Å²) >= 11 is 0. The summed E-state index contributed by atoms with van der Waals surface area (Å²) in [6, 6.07) is 7.85. The molecule has 1 amide bonds. The van der Waals surface area contributed by atoms with Crippen molar-refractivity contribution in [1.82, 2.24) is 4.90 Å². The van der Waals surface area contributed by atoms with E-state index < -0.39 is 11.2 Å². The van der Waals surface area contributed by atoms with Gasteiger partial charge in [-0.1, -0.05) is 29.8 Å². The number of benzene rings is 1. The molecule has 0 aromatic heterocycles. The Morgan fingerprint density at radius 1 is 1.38 bits per heavy atom. The van der Waals surface area contributed by atoms with E-state index >= 15 is 0 Å². The van der Waals surface area contributed by atoms with Gasteiger partial charge in [-0.25, -0.2) is 4.79 Å². The molecular weight excluding hydrogens is 266 g/mol. The minimum Gasteiger partial charge on any atom is -0.444 e. The number of aliphatic hydroxyl groups is 1. The van der Waals surface area contributed by atoms with Crippen molar-refractivity contribution in [2.45, 2.75) is 51.7 Å². The number of likely N-dealkylation sites (tertiary alicyclic amines) is 1. The van der Waals surface area contributed by atoms with Gasteiger partial charge >= 0.3 is 6.09 Å². The van der Waals surface area contributed by atoms with E-state index in [1.165, 1.54) is 0 Å². The van der Waals surface area contributed by atoms with E-state index in [1.807, 2.05) is 52.0 Å². The van der Waals surface area contributed by atoms with Crippen molar-refractivity contribution in [3.05, 3.63) is 35.4 Å². The Hall–Kier alpha value is -1.55. The van der Waals surface area contributed by atoms with Crippen LogP contribution in [-0.4, -0.2) is 34.8 Å². The molecule has 4 nitrogen and oxygen atoms in total. The van der Waals surface area contributed by atoms with Gasteiger partial charge in [0.25, 0.3) is 0 Å². The molecule has 0 aliphatic carbocycles. The van der Waals surface area contributed by atoms with Crippen LogP contribution in [0.25, 0.3) is 0 Å². The second-order valence-electron chi connectivity index (χ2n) is 6.91. The third-order valence-electron chi connectivity index (χ3n) is 3.68. The van der Waals surface area contributed by atoms with Crippen LogP contribution in [0.4, 0.5) is 4.79 Å². The molecule has 0 spiro atoms. The first-order chi connectivity index (χ1) is 9.70. The molecule has 0 bridgehead atoms. The molecule has 1 aromatic carbocycles. The predicted octanol–water partition coefficient (Wildman–Crippen LogP) is 3.21. The Balaban J connectivity index is 2.15. The van der Waals surface area contributed by atoms with Crippen LogP contribution in [0.15, 0.2) is 24.3 Å². The van der Waals surface area contributed by atoms with Gasteiger partial charge < -0.3 is 14.7 Å². The highest BCUT2D eigenvalue weighted by atomic mass is 16.6. The first-order valence-electron chi connectivity index (χ1n) is 7.47. The van der Waals surface area contributed by atoms with Crippen molar-refractivity contribution in [2.24, 2.45) is 0 Å². The van der Waals surface area contributed by atoms with Crippen LogP contribution < -0.4 is 0 Å². The number of amides is 1. The summed E-state index contributed by atoms with van der Waals surface area (Å²) in [5, 5.41) is 10.9. The number of piperidine rings is 1. The molecule has 1 aromatic rings. The van der Waals surface area contributed by atoms with E-state index in [4.69, 9.17) is 4.74 Å². The number of nitrogens with zero attached hydrogens (tertiary/aromatic N) is 1. The fourth-order valence-corrected chi connectivity index (χ4v) is 2.69. The number of carbonyl (C=O) groups excluding carboxylic acids is 1. The van der Waals surface area contributed by atoms with E-state index in [2.05, 4.69) is 0 Å². The van der Waals surface area contributed by atoms with Crippen molar-refractivity contribution in [3.63, 3.8) is 0 Å². The van der Waals surface area contributed by atoms with Crippen molar-refractivity contribution < 1.29 is 14.6 Å². The van der Waals surface area contributed by atoms with Gasteiger partial charge in [0.15, 0.2) is 0 Å². The van der Waals surface area contributed by atoms with Crippen molar-refractivity contribution in [3.8, 4) is 0 Å². The normalized spacial score (nSPS) is 23.0. The molecule has 1 atom stereocenters. The highest BCUT2D eigenvalue weighted by Gasteiger charge is 2.38. The Bertz CT molecular complexity index is 521. The second-order valence-corrected chi connectivity index (χ2v) is 6.91.